The highest BCUT2D eigenvalue weighted by Crippen LogP contribution is 2.25. The first-order valence-corrected chi connectivity index (χ1v) is 8.02. The van der Waals surface area contributed by atoms with Gasteiger partial charge in [-0.25, -0.2) is 13.1 Å². The summed E-state index contributed by atoms with van der Waals surface area (Å²) in [7, 11) is -3.79. The SMILES string of the molecule is CCOCCCC(=O)NS(=O)(=O)c1ccc(Cl)s1. The fourth-order valence-electron chi connectivity index (χ4n) is 1.17. The van der Waals surface area contributed by atoms with E-state index in [1.54, 1.807) is 0 Å². The van der Waals surface area contributed by atoms with E-state index in [0.717, 1.165) is 11.3 Å². The van der Waals surface area contributed by atoms with E-state index in [4.69, 9.17) is 16.3 Å². The molecule has 1 aromatic rings. The van der Waals surface area contributed by atoms with Gasteiger partial charge in [-0.2, -0.15) is 0 Å². The second-order valence-electron chi connectivity index (χ2n) is 3.39. The summed E-state index contributed by atoms with van der Waals surface area (Å²) in [5.74, 6) is -0.542. The van der Waals surface area contributed by atoms with Crippen molar-refractivity contribution >= 4 is 38.9 Å². The fraction of sp³-hybridized carbons (Fsp3) is 0.500. The average Bonchev–Trinajstić information content (AvgIpc) is 2.71. The Balaban J connectivity index is 2.48. The predicted molar refractivity (Wildman–Crippen MR) is 70.4 cm³/mol. The molecule has 8 heteroatoms. The molecule has 5 nitrogen and oxygen atoms in total. The summed E-state index contributed by atoms with van der Waals surface area (Å²) in [5.41, 5.74) is 0. The van der Waals surface area contributed by atoms with E-state index < -0.39 is 15.9 Å². The van der Waals surface area contributed by atoms with Gasteiger partial charge in [-0.05, 0) is 25.5 Å². The molecule has 0 saturated heterocycles. The molecule has 0 bridgehead atoms. The quantitative estimate of drug-likeness (QED) is 0.782. The Hall–Kier alpha value is -0.630. The predicted octanol–water partition coefficient (Wildman–Crippen LogP) is 2.02. The third-order valence-corrected chi connectivity index (χ3v) is 5.05. The molecule has 1 amide bonds. The molecule has 0 unspecified atom stereocenters. The number of sulfonamides is 1. The van der Waals surface area contributed by atoms with Crippen LogP contribution in [0, 0.1) is 0 Å². The number of carbonyl (C=O) groups excluding carboxylic acids is 1. The van der Waals surface area contributed by atoms with Crippen molar-refractivity contribution in [3.8, 4) is 0 Å². The van der Waals surface area contributed by atoms with Gasteiger partial charge in [0.15, 0.2) is 0 Å². The number of carbonyl (C=O) groups is 1. The number of halogens is 1. The lowest BCUT2D eigenvalue weighted by molar-refractivity contribution is -0.119. The summed E-state index contributed by atoms with van der Waals surface area (Å²) in [5, 5.41) is 0. The zero-order chi connectivity index (χ0) is 13.6. The third kappa shape index (κ3) is 4.93. The first kappa shape index (κ1) is 15.4. The standard InChI is InChI=1S/C10H14ClNO4S2/c1-2-16-7-3-4-9(13)12-18(14,15)10-6-5-8(11)17-10/h5-6H,2-4,7H2,1H3,(H,12,13). The van der Waals surface area contributed by atoms with Crippen LogP contribution in [0.5, 0.6) is 0 Å². The number of ether oxygens (including phenoxy) is 1. The van der Waals surface area contributed by atoms with Gasteiger partial charge < -0.3 is 4.74 Å². The van der Waals surface area contributed by atoms with E-state index >= 15 is 0 Å². The van der Waals surface area contributed by atoms with Gasteiger partial charge in [-0.3, -0.25) is 4.79 Å². The van der Waals surface area contributed by atoms with Crippen LogP contribution >= 0.6 is 22.9 Å². The highest BCUT2D eigenvalue weighted by molar-refractivity contribution is 7.92. The zero-order valence-corrected chi connectivity index (χ0v) is 12.2. The van der Waals surface area contributed by atoms with Crippen molar-refractivity contribution in [2.45, 2.75) is 24.0 Å². The lowest BCUT2D eigenvalue weighted by Gasteiger charge is -2.04. The second kappa shape index (κ2) is 7.08. The minimum Gasteiger partial charge on any atom is -0.382 e. The molecule has 0 saturated carbocycles. The molecule has 0 aromatic carbocycles. The topological polar surface area (TPSA) is 72.5 Å². The molecule has 0 aliphatic carbocycles. The molecule has 0 spiro atoms. The van der Waals surface area contributed by atoms with Gasteiger partial charge in [0.1, 0.15) is 4.21 Å². The molecule has 1 rings (SSSR count). The van der Waals surface area contributed by atoms with Crippen LogP contribution in [-0.2, 0) is 19.6 Å². The van der Waals surface area contributed by atoms with Gasteiger partial charge in [0.2, 0.25) is 5.91 Å². The van der Waals surface area contributed by atoms with Crippen LogP contribution in [0.1, 0.15) is 19.8 Å². The summed E-state index contributed by atoms with van der Waals surface area (Å²) in [6.45, 7) is 2.87. The molecular formula is C10H14ClNO4S2. The van der Waals surface area contributed by atoms with Crippen molar-refractivity contribution in [1.29, 1.82) is 0 Å². The van der Waals surface area contributed by atoms with E-state index in [9.17, 15) is 13.2 Å². The number of hydrogen-bond acceptors (Lipinski definition) is 5. The van der Waals surface area contributed by atoms with Crippen molar-refractivity contribution in [1.82, 2.24) is 4.72 Å². The van der Waals surface area contributed by atoms with E-state index in [0.29, 0.717) is 24.0 Å². The molecular weight excluding hydrogens is 298 g/mol. The van der Waals surface area contributed by atoms with Crippen LogP contribution in [0.2, 0.25) is 4.34 Å². The molecule has 0 aliphatic heterocycles. The monoisotopic (exact) mass is 311 g/mol. The molecule has 1 N–H and O–H groups in total. The van der Waals surface area contributed by atoms with Gasteiger partial charge in [-0.1, -0.05) is 11.6 Å². The summed E-state index contributed by atoms with van der Waals surface area (Å²) < 4.78 is 30.9. The van der Waals surface area contributed by atoms with Crippen molar-refractivity contribution in [3.63, 3.8) is 0 Å². The molecule has 0 fully saturated rings. The minimum absolute atomic E-state index is 0.0330. The highest BCUT2D eigenvalue weighted by Gasteiger charge is 2.19. The normalized spacial score (nSPS) is 11.4. The van der Waals surface area contributed by atoms with Crippen LogP contribution in [0.4, 0.5) is 0 Å². The highest BCUT2D eigenvalue weighted by atomic mass is 35.5. The Morgan fingerprint density at radius 1 is 1.50 bits per heavy atom. The molecule has 102 valence electrons. The van der Waals surface area contributed by atoms with Gasteiger partial charge >= 0.3 is 0 Å². The van der Waals surface area contributed by atoms with E-state index in [1.165, 1.54) is 12.1 Å². The number of hydrogen-bond donors (Lipinski definition) is 1. The van der Waals surface area contributed by atoms with Crippen LogP contribution in [-0.4, -0.2) is 27.5 Å². The van der Waals surface area contributed by atoms with Crippen LogP contribution in [0.25, 0.3) is 0 Å². The van der Waals surface area contributed by atoms with Crippen molar-refractivity contribution in [2.75, 3.05) is 13.2 Å². The van der Waals surface area contributed by atoms with Gasteiger partial charge in [0.05, 0.1) is 4.34 Å². The lowest BCUT2D eigenvalue weighted by Crippen LogP contribution is -2.30. The first-order chi connectivity index (χ1) is 8.45. The van der Waals surface area contributed by atoms with E-state index in [2.05, 4.69) is 0 Å². The molecule has 0 radical (unpaired) electrons. The summed E-state index contributed by atoms with van der Waals surface area (Å²) in [4.78, 5) is 11.4. The molecule has 1 heterocycles. The Morgan fingerprint density at radius 3 is 2.78 bits per heavy atom. The van der Waals surface area contributed by atoms with Gasteiger partial charge in [0, 0.05) is 19.6 Å². The largest absolute Gasteiger partial charge is 0.382 e. The Morgan fingerprint density at radius 2 is 2.22 bits per heavy atom. The Kier molecular flexibility index (Phi) is 6.07. The molecule has 0 atom stereocenters. The number of rotatable bonds is 7. The summed E-state index contributed by atoms with van der Waals surface area (Å²) >= 11 is 6.55. The van der Waals surface area contributed by atoms with Crippen molar-refractivity contribution < 1.29 is 17.9 Å². The molecule has 1 aromatic heterocycles. The Bertz CT molecular complexity index is 498. The average molecular weight is 312 g/mol. The van der Waals surface area contributed by atoms with Crippen LogP contribution in [0.15, 0.2) is 16.3 Å². The lowest BCUT2D eigenvalue weighted by atomic mass is 10.3. The van der Waals surface area contributed by atoms with Crippen LogP contribution < -0.4 is 4.72 Å². The maximum Gasteiger partial charge on any atom is 0.273 e. The number of thiophene rings is 1. The number of amides is 1. The number of nitrogens with one attached hydrogen (secondary N) is 1. The fourth-order valence-corrected chi connectivity index (χ4v) is 3.67. The maximum atomic E-state index is 11.7. The summed E-state index contributed by atoms with van der Waals surface area (Å²) in [6, 6.07) is 2.84. The maximum absolute atomic E-state index is 11.7. The molecule has 0 aliphatic rings. The smallest absolute Gasteiger partial charge is 0.273 e. The van der Waals surface area contributed by atoms with Gasteiger partial charge in [0.25, 0.3) is 10.0 Å². The van der Waals surface area contributed by atoms with Crippen LogP contribution in [0.3, 0.4) is 0 Å². The van der Waals surface area contributed by atoms with Crippen molar-refractivity contribution in [2.24, 2.45) is 0 Å². The van der Waals surface area contributed by atoms with E-state index in [1.807, 2.05) is 11.6 Å². The van der Waals surface area contributed by atoms with Gasteiger partial charge in [-0.15, -0.1) is 11.3 Å². The first-order valence-electron chi connectivity index (χ1n) is 5.34. The van der Waals surface area contributed by atoms with E-state index in [-0.39, 0.29) is 10.6 Å². The Labute approximate surface area is 115 Å². The second-order valence-corrected chi connectivity index (χ2v) is 7.01. The summed E-state index contributed by atoms with van der Waals surface area (Å²) in [6.07, 6.45) is 0.596. The molecule has 18 heavy (non-hydrogen) atoms. The third-order valence-electron chi connectivity index (χ3n) is 1.96. The van der Waals surface area contributed by atoms with Crippen molar-refractivity contribution in [3.05, 3.63) is 16.5 Å². The zero-order valence-electron chi connectivity index (χ0n) is 9.81. The minimum atomic E-state index is -3.79.